The zero-order valence-corrected chi connectivity index (χ0v) is 28.6. The molecule has 4 N–H and O–H groups in total. The molecule has 0 aliphatic carbocycles. The maximum atomic E-state index is 12.0. The smallest absolute Gasteiger partial charge is 0.249 e. The maximum Gasteiger partial charge on any atom is 0.249 e. The van der Waals surface area contributed by atoms with E-state index in [1.54, 1.807) is 21.6 Å². The van der Waals surface area contributed by atoms with Gasteiger partial charge in [0, 0.05) is 44.0 Å². The van der Waals surface area contributed by atoms with E-state index >= 15 is 0 Å². The molecule has 0 aliphatic rings. The lowest BCUT2D eigenvalue weighted by molar-refractivity contribution is -0.135. The minimum absolute atomic E-state index is 0.0862. The number of unbranched alkanes of at least 4 members (excludes halogenated alkanes) is 1. The average molecular weight is 636 g/mol. The fourth-order valence-corrected chi connectivity index (χ4v) is 5.27. The van der Waals surface area contributed by atoms with Crippen LogP contribution in [-0.2, 0) is 14.4 Å². The van der Waals surface area contributed by atoms with Gasteiger partial charge >= 0.3 is 0 Å². The van der Waals surface area contributed by atoms with Crippen molar-refractivity contribution in [1.29, 1.82) is 0 Å². The number of rotatable bonds is 26. The lowest BCUT2D eigenvalue weighted by atomic mass is 9.83. The van der Waals surface area contributed by atoms with E-state index in [0.29, 0.717) is 25.9 Å². The summed E-state index contributed by atoms with van der Waals surface area (Å²) >= 11 is 0. The van der Waals surface area contributed by atoms with Crippen LogP contribution in [-0.4, -0.2) is 60.1 Å². The molecule has 0 rings (SSSR count). The Balaban J connectivity index is 3.60. The van der Waals surface area contributed by atoms with Crippen LogP contribution in [0.4, 0.5) is 0 Å². The van der Waals surface area contributed by atoms with Gasteiger partial charge in [0.25, 0.3) is 0 Å². The molecule has 0 aromatic carbocycles. The van der Waals surface area contributed by atoms with Crippen molar-refractivity contribution >= 4 is 39.3 Å². The summed E-state index contributed by atoms with van der Waals surface area (Å²) in [6.07, 6.45) is 28.8. The molecule has 0 aromatic heterocycles. The summed E-state index contributed by atoms with van der Waals surface area (Å²) in [5, 5.41) is 18.5. The quantitative estimate of drug-likeness (QED) is 0.0472. The number of carbonyl (C=O) groups is 3. The molecule has 0 spiro atoms. The Kier molecular flexibility index (Phi) is 27.1. The first-order chi connectivity index (χ1) is 20.7. The summed E-state index contributed by atoms with van der Waals surface area (Å²) in [6, 6.07) is 0. The third-order valence-electron chi connectivity index (χ3n) is 6.58. The van der Waals surface area contributed by atoms with Crippen LogP contribution >= 0.6 is 21.6 Å². The highest BCUT2D eigenvalue weighted by Crippen LogP contribution is 2.24. The first-order valence-electron chi connectivity index (χ1n) is 15.7. The predicted molar refractivity (Wildman–Crippen MR) is 187 cm³/mol. The Labute approximate surface area is 269 Å². The Bertz CT molecular complexity index is 898. The molecule has 244 valence electrons. The van der Waals surface area contributed by atoms with Crippen LogP contribution in [0.15, 0.2) is 60.8 Å². The van der Waals surface area contributed by atoms with E-state index in [1.807, 2.05) is 20.8 Å². The van der Waals surface area contributed by atoms with E-state index in [2.05, 4.69) is 83.6 Å². The number of hydrogen-bond acceptors (Lipinski definition) is 6. The number of aliphatic hydroxyl groups excluding tert-OH is 1. The predicted octanol–water partition coefficient (Wildman–Crippen LogP) is 6.83. The summed E-state index contributed by atoms with van der Waals surface area (Å²) in [7, 11) is 3.32. The van der Waals surface area contributed by atoms with Crippen LogP contribution in [0.3, 0.4) is 0 Å². The summed E-state index contributed by atoms with van der Waals surface area (Å²) < 4.78 is 0. The molecule has 0 bridgehead atoms. The summed E-state index contributed by atoms with van der Waals surface area (Å²) in [6.45, 7) is 9.11. The fourth-order valence-electron chi connectivity index (χ4n) is 3.45. The number of amides is 3. The zero-order valence-electron chi connectivity index (χ0n) is 26.9. The van der Waals surface area contributed by atoms with Gasteiger partial charge < -0.3 is 21.1 Å². The number of aliphatic hydroxyl groups is 1. The van der Waals surface area contributed by atoms with Gasteiger partial charge in [0.2, 0.25) is 17.7 Å². The number of allylic oxidation sites excluding steroid dienone is 10. The molecular weight excluding hydrogens is 579 g/mol. The Morgan fingerprint density at radius 3 is 1.63 bits per heavy atom. The lowest BCUT2D eigenvalue weighted by Gasteiger charge is -2.28. The highest BCUT2D eigenvalue weighted by atomic mass is 33.1. The van der Waals surface area contributed by atoms with Crippen molar-refractivity contribution in [3.05, 3.63) is 60.8 Å². The molecule has 0 heterocycles. The van der Waals surface area contributed by atoms with Gasteiger partial charge in [0.05, 0.1) is 0 Å². The number of nitrogens with one attached hydrogen (secondary N) is 3. The second-order valence-corrected chi connectivity index (χ2v) is 13.4. The lowest BCUT2D eigenvalue weighted by Crippen LogP contribution is -2.44. The van der Waals surface area contributed by atoms with E-state index in [1.165, 1.54) is 0 Å². The number of hydrogen-bond donors (Lipinski definition) is 4. The molecule has 0 aliphatic heterocycles. The normalized spacial score (nSPS) is 13.1. The van der Waals surface area contributed by atoms with Gasteiger partial charge in [-0.1, -0.05) is 110 Å². The molecular formula is C34H57N3O4S2. The largest absolute Gasteiger partial charge is 0.383 e. The Morgan fingerprint density at radius 2 is 1.14 bits per heavy atom. The molecule has 0 saturated carbocycles. The molecule has 0 radical (unpaired) electrons. The van der Waals surface area contributed by atoms with Gasteiger partial charge in [-0.05, 0) is 56.8 Å². The molecule has 0 aromatic rings. The van der Waals surface area contributed by atoms with Gasteiger partial charge in [0.15, 0.2) is 0 Å². The second kappa shape index (κ2) is 28.5. The van der Waals surface area contributed by atoms with Gasteiger partial charge in [-0.25, -0.2) is 0 Å². The first kappa shape index (κ1) is 40.8. The van der Waals surface area contributed by atoms with Crippen molar-refractivity contribution in [3.63, 3.8) is 0 Å². The molecule has 0 unspecified atom stereocenters. The van der Waals surface area contributed by atoms with Gasteiger partial charge in [0.1, 0.15) is 6.10 Å². The van der Waals surface area contributed by atoms with Crippen molar-refractivity contribution < 1.29 is 19.5 Å². The van der Waals surface area contributed by atoms with Crippen molar-refractivity contribution in [2.75, 3.05) is 31.1 Å². The highest BCUT2D eigenvalue weighted by molar-refractivity contribution is 8.76. The van der Waals surface area contributed by atoms with Crippen molar-refractivity contribution in [3.8, 4) is 0 Å². The average Bonchev–Trinajstić information content (AvgIpc) is 2.99. The fraction of sp³-hybridized carbons (Fsp3) is 0.618. The maximum absolute atomic E-state index is 12.0. The molecule has 9 heteroatoms. The molecule has 0 saturated heterocycles. The van der Waals surface area contributed by atoms with Crippen LogP contribution in [0.2, 0.25) is 0 Å². The monoisotopic (exact) mass is 635 g/mol. The van der Waals surface area contributed by atoms with Crippen LogP contribution in [0.25, 0.3) is 0 Å². The van der Waals surface area contributed by atoms with Crippen LogP contribution in [0.5, 0.6) is 0 Å². The van der Waals surface area contributed by atoms with Gasteiger partial charge in [-0.2, -0.15) is 0 Å². The van der Waals surface area contributed by atoms with Crippen molar-refractivity contribution in [1.82, 2.24) is 16.0 Å². The summed E-state index contributed by atoms with van der Waals surface area (Å²) in [4.78, 5) is 35.9. The number of carbonyl (C=O) groups excluding carboxylic acids is 3. The van der Waals surface area contributed by atoms with Gasteiger partial charge in [-0.15, -0.1) is 0 Å². The van der Waals surface area contributed by atoms with Crippen LogP contribution < -0.4 is 16.0 Å². The Hall–Kier alpha value is -2.23. The topological polar surface area (TPSA) is 108 Å². The van der Waals surface area contributed by atoms with Gasteiger partial charge in [-0.3, -0.25) is 14.4 Å². The minimum Gasteiger partial charge on any atom is -0.383 e. The third-order valence-corrected chi connectivity index (χ3v) is 8.99. The Morgan fingerprint density at radius 1 is 0.674 bits per heavy atom. The molecule has 7 nitrogen and oxygen atoms in total. The van der Waals surface area contributed by atoms with E-state index in [0.717, 1.165) is 56.5 Å². The standard InChI is InChI=1S/C34H57N3O4S2/c1-5-7-8-9-10-11-12-13-14-15-16-17-18-19-20-21-22-23-30(38)35-26-28-42-43-29-27-36-31(39)24-25-37-33(41)32(40)34(3,4)6-2/h7-8,10-11,13-14,16-17,19-20,32,40H,5-6,9,12,15,18,21-29H2,1-4H3,(H,35,38)(H,36,39)(H,37,41)/b8-7-,11-10-,14-13-,17-16-,20-19-/t32-/m0/s1. The molecule has 43 heavy (non-hydrogen) atoms. The van der Waals surface area contributed by atoms with E-state index in [9.17, 15) is 19.5 Å². The molecule has 1 atom stereocenters. The summed E-state index contributed by atoms with van der Waals surface area (Å²) in [5.41, 5.74) is -0.499. The van der Waals surface area contributed by atoms with Crippen molar-refractivity contribution in [2.45, 2.75) is 98.0 Å². The van der Waals surface area contributed by atoms with E-state index in [4.69, 9.17) is 0 Å². The summed E-state index contributed by atoms with van der Waals surface area (Å²) in [5.74, 6) is 1.08. The SMILES string of the molecule is CC/C=C\C/C=C\C/C=C\C/C=C\C/C=C\CCCC(=O)NCCSSCCNC(=O)CCNC(=O)[C@H](O)C(C)(C)CC. The molecule has 3 amide bonds. The van der Waals surface area contributed by atoms with Crippen LogP contribution in [0.1, 0.15) is 91.9 Å². The first-order valence-corrected chi connectivity index (χ1v) is 18.2. The highest BCUT2D eigenvalue weighted by Gasteiger charge is 2.31. The van der Waals surface area contributed by atoms with E-state index in [-0.39, 0.29) is 24.8 Å². The van der Waals surface area contributed by atoms with Crippen molar-refractivity contribution in [2.24, 2.45) is 5.41 Å². The molecule has 0 fully saturated rings. The van der Waals surface area contributed by atoms with E-state index < -0.39 is 17.4 Å². The minimum atomic E-state index is -1.09. The third kappa shape index (κ3) is 25.9. The zero-order chi connectivity index (χ0) is 32.0. The second-order valence-electron chi connectivity index (χ2n) is 10.7. The van der Waals surface area contributed by atoms with Crippen LogP contribution in [0, 0.1) is 5.41 Å².